The number of rotatable bonds is 8. The molecule has 0 aliphatic heterocycles. The van der Waals surface area contributed by atoms with Crippen LogP contribution in [0.25, 0.3) is 5.69 Å². The Hall–Kier alpha value is -3.38. The van der Waals surface area contributed by atoms with E-state index in [1.165, 1.54) is 22.9 Å². The lowest BCUT2D eigenvalue weighted by Gasteiger charge is -2.12. The molecule has 1 aromatic heterocycles. The van der Waals surface area contributed by atoms with Crippen LogP contribution < -0.4 is 5.32 Å². The molecule has 32 heavy (non-hydrogen) atoms. The summed E-state index contributed by atoms with van der Waals surface area (Å²) >= 11 is 1.37. The van der Waals surface area contributed by atoms with Gasteiger partial charge in [0.2, 0.25) is 5.91 Å². The van der Waals surface area contributed by atoms with Crippen LogP contribution in [0.1, 0.15) is 36.5 Å². The molecule has 0 bridgehead atoms. The van der Waals surface area contributed by atoms with Crippen LogP contribution >= 0.6 is 11.8 Å². The Bertz CT molecular complexity index is 1170. The van der Waals surface area contributed by atoms with Crippen molar-refractivity contribution in [3.8, 4) is 5.69 Å². The summed E-state index contributed by atoms with van der Waals surface area (Å²) in [7, 11) is 0. The SMILES string of the molecule is CC(C)c1ccc(-n2cnnc2SCC(=O)Nc2ccccc2Cc2ccccc2)cc1. The molecular weight excluding hydrogens is 416 g/mol. The van der Waals surface area contributed by atoms with Crippen LogP contribution in [0.15, 0.2) is 90.3 Å². The molecule has 4 aromatic rings. The van der Waals surface area contributed by atoms with Crippen LogP contribution in [0.4, 0.5) is 5.69 Å². The molecule has 0 aliphatic rings. The largest absolute Gasteiger partial charge is 0.325 e. The second kappa shape index (κ2) is 10.3. The van der Waals surface area contributed by atoms with Crippen LogP contribution in [0.3, 0.4) is 0 Å². The van der Waals surface area contributed by atoms with Crippen molar-refractivity contribution in [2.75, 3.05) is 11.1 Å². The predicted molar refractivity (Wildman–Crippen MR) is 130 cm³/mol. The molecule has 0 atom stereocenters. The van der Waals surface area contributed by atoms with Crippen molar-refractivity contribution in [2.45, 2.75) is 31.3 Å². The Balaban J connectivity index is 1.40. The molecule has 1 N–H and O–H groups in total. The van der Waals surface area contributed by atoms with E-state index >= 15 is 0 Å². The lowest BCUT2D eigenvalue weighted by molar-refractivity contribution is -0.113. The van der Waals surface area contributed by atoms with Gasteiger partial charge in [-0.1, -0.05) is 86.3 Å². The van der Waals surface area contributed by atoms with Crippen LogP contribution in [0.5, 0.6) is 0 Å². The fraction of sp³-hybridized carbons (Fsp3) is 0.192. The monoisotopic (exact) mass is 442 g/mol. The first-order valence-electron chi connectivity index (χ1n) is 10.6. The number of nitrogens with one attached hydrogen (secondary N) is 1. The Morgan fingerprint density at radius 2 is 1.69 bits per heavy atom. The fourth-order valence-corrected chi connectivity index (χ4v) is 4.18. The molecule has 1 amide bonds. The first-order valence-corrected chi connectivity index (χ1v) is 11.6. The number of carbonyl (C=O) groups is 1. The zero-order valence-corrected chi connectivity index (χ0v) is 19.0. The summed E-state index contributed by atoms with van der Waals surface area (Å²) in [6.45, 7) is 4.34. The molecule has 0 spiro atoms. The van der Waals surface area contributed by atoms with E-state index in [4.69, 9.17) is 0 Å². The van der Waals surface area contributed by atoms with E-state index in [0.29, 0.717) is 11.1 Å². The summed E-state index contributed by atoms with van der Waals surface area (Å²) in [5.74, 6) is 0.662. The molecule has 0 radical (unpaired) electrons. The lowest BCUT2D eigenvalue weighted by atomic mass is 10.0. The van der Waals surface area contributed by atoms with Gasteiger partial charge in [0.25, 0.3) is 0 Å². The molecule has 6 heteroatoms. The Morgan fingerprint density at radius 1 is 0.969 bits per heavy atom. The third-order valence-electron chi connectivity index (χ3n) is 5.22. The standard InChI is InChI=1S/C26H26N4OS/c1-19(2)21-12-14-23(15-13-21)30-18-27-29-26(30)32-17-25(31)28-24-11-7-6-10-22(24)16-20-8-4-3-5-9-20/h3-15,18-19H,16-17H2,1-2H3,(H,28,31). The van der Waals surface area contributed by atoms with Gasteiger partial charge in [0.1, 0.15) is 6.33 Å². The average molecular weight is 443 g/mol. The smallest absolute Gasteiger partial charge is 0.234 e. The van der Waals surface area contributed by atoms with Gasteiger partial charge in [0.15, 0.2) is 5.16 Å². The molecule has 0 aliphatic carbocycles. The highest BCUT2D eigenvalue weighted by Crippen LogP contribution is 2.23. The van der Waals surface area contributed by atoms with Crippen LogP contribution in [0.2, 0.25) is 0 Å². The van der Waals surface area contributed by atoms with E-state index < -0.39 is 0 Å². The molecule has 0 unspecified atom stereocenters. The number of hydrogen-bond donors (Lipinski definition) is 1. The van der Waals surface area contributed by atoms with Crippen molar-refractivity contribution in [1.29, 1.82) is 0 Å². The topological polar surface area (TPSA) is 59.8 Å². The highest BCUT2D eigenvalue weighted by Gasteiger charge is 2.12. The van der Waals surface area contributed by atoms with Gasteiger partial charge in [-0.25, -0.2) is 0 Å². The van der Waals surface area contributed by atoms with Crippen LogP contribution in [-0.4, -0.2) is 26.4 Å². The number of thioether (sulfide) groups is 1. The van der Waals surface area contributed by atoms with E-state index in [1.54, 1.807) is 6.33 Å². The molecule has 4 rings (SSSR count). The van der Waals surface area contributed by atoms with Crippen LogP contribution in [-0.2, 0) is 11.2 Å². The molecule has 0 saturated carbocycles. The zero-order chi connectivity index (χ0) is 22.3. The fourth-order valence-electron chi connectivity index (χ4n) is 3.45. The number of anilines is 1. The minimum atomic E-state index is -0.0692. The Kier molecular flexibility index (Phi) is 7.02. The summed E-state index contributed by atoms with van der Waals surface area (Å²) < 4.78 is 1.91. The number of aromatic nitrogens is 3. The van der Waals surface area contributed by atoms with Gasteiger partial charge in [0.05, 0.1) is 5.75 Å². The molecular formula is C26H26N4OS. The van der Waals surface area contributed by atoms with Gasteiger partial charge >= 0.3 is 0 Å². The number of nitrogens with zero attached hydrogens (tertiary/aromatic N) is 3. The summed E-state index contributed by atoms with van der Waals surface area (Å²) in [4.78, 5) is 12.7. The third-order valence-corrected chi connectivity index (χ3v) is 6.16. The number of carbonyl (C=O) groups excluding carboxylic acids is 1. The van der Waals surface area contributed by atoms with Gasteiger partial charge < -0.3 is 5.32 Å². The maximum absolute atomic E-state index is 12.7. The Labute approximate surface area is 192 Å². The molecule has 0 fully saturated rings. The quantitative estimate of drug-likeness (QED) is 0.355. The van der Waals surface area contributed by atoms with Gasteiger partial charge in [-0.15, -0.1) is 10.2 Å². The number of hydrogen-bond acceptors (Lipinski definition) is 4. The van der Waals surface area contributed by atoms with Gasteiger partial charge in [-0.2, -0.15) is 0 Å². The van der Waals surface area contributed by atoms with Crippen molar-refractivity contribution in [2.24, 2.45) is 0 Å². The highest BCUT2D eigenvalue weighted by molar-refractivity contribution is 7.99. The third kappa shape index (κ3) is 5.45. The highest BCUT2D eigenvalue weighted by atomic mass is 32.2. The maximum Gasteiger partial charge on any atom is 0.234 e. The van der Waals surface area contributed by atoms with E-state index in [-0.39, 0.29) is 11.7 Å². The molecule has 0 saturated heterocycles. The summed E-state index contributed by atoms with van der Waals surface area (Å²) in [5, 5.41) is 12.0. The van der Waals surface area contributed by atoms with Crippen molar-refractivity contribution in [3.05, 3.63) is 102 Å². The van der Waals surface area contributed by atoms with E-state index in [1.807, 2.05) is 47.0 Å². The minimum Gasteiger partial charge on any atom is -0.325 e. The first kappa shape index (κ1) is 21.8. The van der Waals surface area contributed by atoms with Crippen molar-refractivity contribution < 1.29 is 4.79 Å². The second-order valence-electron chi connectivity index (χ2n) is 7.89. The number of benzene rings is 3. The summed E-state index contributed by atoms with van der Waals surface area (Å²) in [6, 6.07) is 26.5. The normalized spacial score (nSPS) is 11.0. The molecule has 5 nitrogen and oxygen atoms in total. The molecule has 162 valence electrons. The molecule has 3 aromatic carbocycles. The average Bonchev–Trinajstić information content (AvgIpc) is 3.28. The van der Waals surface area contributed by atoms with Gasteiger partial charge in [-0.05, 0) is 47.2 Å². The van der Waals surface area contributed by atoms with Crippen molar-refractivity contribution >= 4 is 23.4 Å². The van der Waals surface area contributed by atoms with Crippen molar-refractivity contribution in [3.63, 3.8) is 0 Å². The first-order chi connectivity index (χ1) is 15.6. The summed E-state index contributed by atoms with van der Waals surface area (Å²) in [5.41, 5.74) is 5.40. The predicted octanol–water partition coefficient (Wildman–Crippen LogP) is 5.71. The number of para-hydroxylation sites is 1. The minimum absolute atomic E-state index is 0.0692. The van der Waals surface area contributed by atoms with E-state index in [0.717, 1.165) is 23.4 Å². The van der Waals surface area contributed by atoms with Gasteiger partial charge in [-0.3, -0.25) is 9.36 Å². The van der Waals surface area contributed by atoms with Crippen LogP contribution in [0, 0.1) is 0 Å². The lowest BCUT2D eigenvalue weighted by Crippen LogP contribution is -2.16. The Morgan fingerprint density at radius 3 is 2.44 bits per heavy atom. The molecule has 1 heterocycles. The maximum atomic E-state index is 12.7. The summed E-state index contributed by atoms with van der Waals surface area (Å²) in [6.07, 6.45) is 2.45. The second-order valence-corrected chi connectivity index (χ2v) is 8.83. The van der Waals surface area contributed by atoms with Crippen molar-refractivity contribution in [1.82, 2.24) is 14.8 Å². The van der Waals surface area contributed by atoms with E-state index in [2.05, 4.69) is 65.8 Å². The zero-order valence-electron chi connectivity index (χ0n) is 18.2. The van der Waals surface area contributed by atoms with Gasteiger partial charge in [0, 0.05) is 11.4 Å². The number of amides is 1. The van der Waals surface area contributed by atoms with E-state index in [9.17, 15) is 4.79 Å².